The van der Waals surface area contributed by atoms with Gasteiger partial charge in [-0.25, -0.2) is 0 Å². The van der Waals surface area contributed by atoms with Gasteiger partial charge in [-0.15, -0.1) is 0 Å². The van der Waals surface area contributed by atoms with Crippen LogP contribution in [0.2, 0.25) is 0 Å². The van der Waals surface area contributed by atoms with E-state index in [1.165, 1.54) is 0 Å². The Morgan fingerprint density at radius 3 is 2.11 bits per heavy atom. The molecule has 0 saturated heterocycles. The minimum atomic E-state index is -0.228. The fraction of sp³-hybridized carbons (Fsp3) is 0.0909. The number of para-hydroxylation sites is 2. The average Bonchev–Trinajstić information content (AvgIpc) is 2.72. The lowest BCUT2D eigenvalue weighted by molar-refractivity contribution is -0.119. The third-order valence-corrected chi connectivity index (χ3v) is 3.98. The fourth-order valence-electron chi connectivity index (χ4n) is 2.59. The van der Waals surface area contributed by atoms with Crippen LogP contribution in [0.5, 0.6) is 0 Å². The maximum atomic E-state index is 12.5. The molecule has 0 aliphatic carbocycles. The zero-order valence-corrected chi connectivity index (χ0v) is 14.8. The van der Waals surface area contributed by atoms with Gasteiger partial charge in [0, 0.05) is 17.9 Å². The molecule has 3 aromatic carbocycles. The molecule has 27 heavy (non-hydrogen) atoms. The van der Waals surface area contributed by atoms with E-state index < -0.39 is 0 Å². The van der Waals surface area contributed by atoms with E-state index >= 15 is 0 Å². The zero-order valence-electron chi connectivity index (χ0n) is 14.8. The number of rotatable bonds is 7. The summed E-state index contributed by atoms with van der Waals surface area (Å²) >= 11 is 0. The first-order valence-electron chi connectivity index (χ1n) is 8.72. The Morgan fingerprint density at radius 1 is 0.741 bits per heavy atom. The standard InChI is InChI=1S/C22H21N3O2/c26-21(24-15-17-9-3-1-4-10-17)16-23-20-14-8-7-13-19(20)22(27)25-18-11-5-2-6-12-18/h1-14,23H,15-16H2,(H,24,26)(H,25,27). The molecule has 3 rings (SSSR count). The molecule has 3 aromatic rings. The topological polar surface area (TPSA) is 70.2 Å². The van der Waals surface area contributed by atoms with E-state index in [0.29, 0.717) is 17.8 Å². The molecule has 5 heteroatoms. The van der Waals surface area contributed by atoms with Gasteiger partial charge in [-0.05, 0) is 29.8 Å². The average molecular weight is 359 g/mol. The van der Waals surface area contributed by atoms with Crippen LogP contribution in [0, 0.1) is 0 Å². The highest BCUT2D eigenvalue weighted by atomic mass is 16.2. The summed E-state index contributed by atoms with van der Waals surface area (Å²) in [7, 11) is 0. The number of carbonyl (C=O) groups excluding carboxylic acids is 2. The first kappa shape index (κ1) is 18.2. The molecule has 0 heterocycles. The Hall–Kier alpha value is -3.60. The van der Waals surface area contributed by atoms with Crippen LogP contribution in [0.1, 0.15) is 15.9 Å². The van der Waals surface area contributed by atoms with Gasteiger partial charge in [-0.1, -0.05) is 60.7 Å². The van der Waals surface area contributed by atoms with Crippen molar-refractivity contribution in [2.24, 2.45) is 0 Å². The molecule has 0 aliphatic rings. The summed E-state index contributed by atoms with van der Waals surface area (Å²) in [4.78, 5) is 24.6. The summed E-state index contributed by atoms with van der Waals surface area (Å²) in [5, 5.41) is 8.75. The molecule has 0 aliphatic heterocycles. The van der Waals surface area contributed by atoms with Crippen LogP contribution in [0.25, 0.3) is 0 Å². The lowest BCUT2D eigenvalue weighted by atomic mass is 10.1. The molecule has 0 spiro atoms. The van der Waals surface area contributed by atoms with Crippen LogP contribution in [0.4, 0.5) is 11.4 Å². The summed E-state index contributed by atoms with van der Waals surface area (Å²) in [6.45, 7) is 0.556. The van der Waals surface area contributed by atoms with Crippen LogP contribution < -0.4 is 16.0 Å². The van der Waals surface area contributed by atoms with Crippen molar-refractivity contribution < 1.29 is 9.59 Å². The molecule has 0 saturated carbocycles. The number of hydrogen-bond donors (Lipinski definition) is 3. The minimum Gasteiger partial charge on any atom is -0.376 e. The highest BCUT2D eigenvalue weighted by Gasteiger charge is 2.12. The maximum Gasteiger partial charge on any atom is 0.257 e. The Bertz CT molecular complexity index is 896. The summed E-state index contributed by atoms with van der Waals surface area (Å²) in [6.07, 6.45) is 0. The summed E-state index contributed by atoms with van der Waals surface area (Å²) in [6, 6.07) is 26.1. The van der Waals surface area contributed by atoms with Gasteiger partial charge in [0.05, 0.1) is 12.1 Å². The molecule has 0 radical (unpaired) electrons. The number of nitrogens with one attached hydrogen (secondary N) is 3. The van der Waals surface area contributed by atoms with Crippen LogP contribution in [-0.4, -0.2) is 18.4 Å². The number of hydrogen-bond acceptors (Lipinski definition) is 3. The van der Waals surface area contributed by atoms with Crippen molar-refractivity contribution in [3.63, 3.8) is 0 Å². The van der Waals surface area contributed by atoms with Crippen molar-refractivity contribution in [2.75, 3.05) is 17.2 Å². The Balaban J connectivity index is 1.57. The predicted octanol–water partition coefficient (Wildman–Crippen LogP) is 3.67. The lowest BCUT2D eigenvalue weighted by Gasteiger charge is -2.12. The van der Waals surface area contributed by atoms with E-state index in [1.54, 1.807) is 18.2 Å². The number of anilines is 2. The Kier molecular flexibility index (Phi) is 6.20. The first-order chi connectivity index (χ1) is 13.2. The predicted molar refractivity (Wildman–Crippen MR) is 108 cm³/mol. The Morgan fingerprint density at radius 2 is 1.37 bits per heavy atom. The van der Waals surface area contributed by atoms with Crippen LogP contribution in [0.15, 0.2) is 84.9 Å². The van der Waals surface area contributed by atoms with Crippen molar-refractivity contribution in [3.05, 3.63) is 96.1 Å². The molecule has 2 amide bonds. The van der Waals surface area contributed by atoms with Gasteiger partial charge in [0.25, 0.3) is 5.91 Å². The first-order valence-corrected chi connectivity index (χ1v) is 8.72. The summed E-state index contributed by atoms with van der Waals surface area (Å²) in [5.41, 5.74) is 2.85. The second kappa shape index (κ2) is 9.20. The third kappa shape index (κ3) is 5.44. The monoisotopic (exact) mass is 359 g/mol. The highest BCUT2D eigenvalue weighted by molar-refractivity contribution is 6.08. The van der Waals surface area contributed by atoms with E-state index in [2.05, 4.69) is 16.0 Å². The van der Waals surface area contributed by atoms with Gasteiger partial charge < -0.3 is 16.0 Å². The van der Waals surface area contributed by atoms with Crippen molar-refractivity contribution in [3.8, 4) is 0 Å². The van der Waals surface area contributed by atoms with E-state index in [-0.39, 0.29) is 18.4 Å². The second-order valence-corrected chi connectivity index (χ2v) is 5.98. The fourth-order valence-corrected chi connectivity index (χ4v) is 2.59. The number of amides is 2. The van der Waals surface area contributed by atoms with E-state index in [1.807, 2.05) is 66.7 Å². The number of carbonyl (C=O) groups is 2. The van der Waals surface area contributed by atoms with E-state index in [4.69, 9.17) is 0 Å². The minimum absolute atomic E-state index is 0.0858. The molecule has 3 N–H and O–H groups in total. The van der Waals surface area contributed by atoms with Gasteiger partial charge >= 0.3 is 0 Å². The molecular formula is C22H21N3O2. The quantitative estimate of drug-likeness (QED) is 0.603. The highest BCUT2D eigenvalue weighted by Crippen LogP contribution is 2.17. The zero-order chi connectivity index (χ0) is 18.9. The van der Waals surface area contributed by atoms with Crippen molar-refractivity contribution in [1.82, 2.24) is 5.32 Å². The van der Waals surface area contributed by atoms with E-state index in [9.17, 15) is 9.59 Å². The lowest BCUT2D eigenvalue weighted by Crippen LogP contribution is -2.29. The van der Waals surface area contributed by atoms with Gasteiger partial charge in [0.2, 0.25) is 5.91 Å². The normalized spacial score (nSPS) is 10.1. The van der Waals surface area contributed by atoms with Crippen LogP contribution in [0.3, 0.4) is 0 Å². The SMILES string of the molecule is O=C(CNc1ccccc1C(=O)Nc1ccccc1)NCc1ccccc1. The molecule has 0 aromatic heterocycles. The Labute approximate surface area is 158 Å². The molecule has 0 bridgehead atoms. The molecule has 0 atom stereocenters. The smallest absolute Gasteiger partial charge is 0.257 e. The van der Waals surface area contributed by atoms with Crippen molar-refractivity contribution in [2.45, 2.75) is 6.54 Å². The van der Waals surface area contributed by atoms with Crippen molar-refractivity contribution in [1.29, 1.82) is 0 Å². The van der Waals surface area contributed by atoms with Crippen molar-refractivity contribution >= 4 is 23.2 Å². The maximum absolute atomic E-state index is 12.5. The van der Waals surface area contributed by atoms with Gasteiger partial charge in [0.1, 0.15) is 0 Å². The van der Waals surface area contributed by atoms with Crippen LogP contribution >= 0.6 is 0 Å². The number of benzene rings is 3. The summed E-state index contributed by atoms with van der Waals surface area (Å²) in [5.74, 6) is -0.369. The molecule has 5 nitrogen and oxygen atoms in total. The van der Waals surface area contributed by atoms with E-state index in [0.717, 1.165) is 11.3 Å². The molecule has 136 valence electrons. The molecule has 0 unspecified atom stereocenters. The van der Waals surface area contributed by atoms with Crippen LogP contribution in [-0.2, 0) is 11.3 Å². The molecule has 0 fully saturated rings. The summed E-state index contributed by atoms with van der Waals surface area (Å²) < 4.78 is 0. The second-order valence-electron chi connectivity index (χ2n) is 5.98. The van der Waals surface area contributed by atoms with Gasteiger partial charge in [-0.3, -0.25) is 9.59 Å². The van der Waals surface area contributed by atoms with Gasteiger partial charge in [-0.2, -0.15) is 0 Å². The molecular weight excluding hydrogens is 338 g/mol. The van der Waals surface area contributed by atoms with Gasteiger partial charge in [0.15, 0.2) is 0 Å². The largest absolute Gasteiger partial charge is 0.376 e. The third-order valence-electron chi connectivity index (χ3n) is 3.98.